The Balaban J connectivity index is 1.12. The van der Waals surface area contributed by atoms with Gasteiger partial charge in [-0.15, -0.1) is 0 Å². The van der Waals surface area contributed by atoms with Gasteiger partial charge in [-0.3, -0.25) is 14.3 Å². The topological polar surface area (TPSA) is 44.6 Å². The van der Waals surface area contributed by atoms with E-state index in [1.807, 2.05) is 12.1 Å². The Bertz CT molecular complexity index is 1470. The summed E-state index contributed by atoms with van der Waals surface area (Å²) in [4.78, 5) is 25.6. The molecule has 0 aliphatic carbocycles. The van der Waals surface area contributed by atoms with E-state index in [4.69, 9.17) is 4.98 Å². The first-order valence-corrected chi connectivity index (χ1v) is 15.3. The van der Waals surface area contributed by atoms with Crippen LogP contribution in [0.5, 0.6) is 0 Å². The Labute approximate surface area is 245 Å². The van der Waals surface area contributed by atoms with Gasteiger partial charge in [-0.25, -0.2) is 4.98 Å². The molecule has 4 aromatic rings. The van der Waals surface area contributed by atoms with Crippen LogP contribution in [0.2, 0.25) is 0 Å². The minimum Gasteiger partial charge on any atom is -0.368 e. The number of imidazole rings is 1. The van der Waals surface area contributed by atoms with Crippen LogP contribution in [-0.4, -0.2) is 64.5 Å². The summed E-state index contributed by atoms with van der Waals surface area (Å²) in [6, 6.07) is 25.6. The molecule has 1 amide bonds. The van der Waals surface area contributed by atoms with Crippen molar-refractivity contribution in [3.63, 3.8) is 0 Å². The van der Waals surface area contributed by atoms with Crippen LogP contribution < -0.4 is 4.90 Å². The highest BCUT2D eigenvalue weighted by atomic mass is 79.9. The highest BCUT2D eigenvalue weighted by Gasteiger charge is 2.32. The third-order valence-corrected chi connectivity index (χ3v) is 8.93. The lowest BCUT2D eigenvalue weighted by molar-refractivity contribution is -0.137. The van der Waals surface area contributed by atoms with E-state index in [9.17, 15) is 4.79 Å². The number of amides is 1. The Hall–Kier alpha value is -3.16. The van der Waals surface area contributed by atoms with Crippen LogP contribution in [0.15, 0.2) is 77.3 Å². The van der Waals surface area contributed by atoms with Gasteiger partial charge in [0.1, 0.15) is 5.82 Å². The molecule has 7 heteroatoms. The molecule has 0 bridgehead atoms. The predicted octanol–water partition coefficient (Wildman–Crippen LogP) is 6.47. The van der Waals surface area contributed by atoms with E-state index >= 15 is 0 Å². The summed E-state index contributed by atoms with van der Waals surface area (Å²) in [6.45, 7) is 10.3. The maximum atomic E-state index is 13.6. The number of nitrogens with zero attached hydrogens (tertiary/aromatic N) is 5. The van der Waals surface area contributed by atoms with Gasteiger partial charge in [-0.2, -0.15) is 0 Å². The fourth-order valence-electron chi connectivity index (χ4n) is 6.20. The van der Waals surface area contributed by atoms with E-state index in [1.165, 1.54) is 11.3 Å². The maximum Gasteiger partial charge on any atom is 0.227 e. The Morgan fingerprint density at radius 3 is 2.45 bits per heavy atom. The first-order valence-electron chi connectivity index (χ1n) is 14.5. The predicted molar refractivity (Wildman–Crippen MR) is 166 cm³/mol. The molecule has 0 spiro atoms. The molecule has 2 saturated heterocycles. The number of benzene rings is 3. The molecule has 2 aliphatic rings. The molecule has 40 heavy (non-hydrogen) atoms. The molecular formula is C33H38BrN5O. The van der Waals surface area contributed by atoms with Gasteiger partial charge < -0.3 is 9.80 Å². The van der Waals surface area contributed by atoms with Crippen LogP contribution in [-0.2, 0) is 11.3 Å². The molecule has 2 fully saturated rings. The fraction of sp³-hybridized carbons (Fsp3) is 0.394. The van der Waals surface area contributed by atoms with E-state index < -0.39 is 0 Å². The van der Waals surface area contributed by atoms with Gasteiger partial charge >= 0.3 is 0 Å². The number of carbonyl (C=O) groups is 1. The third kappa shape index (κ3) is 5.68. The van der Waals surface area contributed by atoms with Crippen LogP contribution in [0, 0.1) is 5.92 Å². The van der Waals surface area contributed by atoms with Crippen molar-refractivity contribution in [1.82, 2.24) is 19.4 Å². The Morgan fingerprint density at radius 1 is 0.925 bits per heavy atom. The maximum absolute atomic E-state index is 13.6. The van der Waals surface area contributed by atoms with Crippen LogP contribution >= 0.6 is 15.9 Å². The van der Waals surface area contributed by atoms with Crippen molar-refractivity contribution in [2.45, 2.75) is 39.2 Å². The number of rotatable bonds is 6. The number of piperazine rings is 1. The Morgan fingerprint density at radius 2 is 1.70 bits per heavy atom. The van der Waals surface area contributed by atoms with Crippen molar-refractivity contribution >= 4 is 38.6 Å². The molecule has 6 rings (SSSR count). The largest absolute Gasteiger partial charge is 0.368 e. The quantitative estimate of drug-likeness (QED) is 0.255. The zero-order chi connectivity index (χ0) is 27.6. The van der Waals surface area contributed by atoms with E-state index in [2.05, 4.69) is 110 Å². The van der Waals surface area contributed by atoms with Gasteiger partial charge in [0, 0.05) is 48.6 Å². The number of hydrogen-bond acceptors (Lipinski definition) is 4. The molecule has 208 valence electrons. The number of piperidine rings is 1. The van der Waals surface area contributed by atoms with Gasteiger partial charge in [0.05, 0.1) is 23.5 Å². The minimum absolute atomic E-state index is 0.0503. The van der Waals surface area contributed by atoms with Gasteiger partial charge in [-0.05, 0) is 73.3 Å². The number of fused-ring (bicyclic) bond motifs is 1. The van der Waals surface area contributed by atoms with Crippen LogP contribution in [0.1, 0.15) is 44.0 Å². The molecule has 3 heterocycles. The highest BCUT2D eigenvalue weighted by molar-refractivity contribution is 9.10. The number of likely N-dealkylation sites (tertiary alicyclic amines) is 1. The first kappa shape index (κ1) is 27.0. The molecule has 1 aromatic heterocycles. The van der Waals surface area contributed by atoms with Gasteiger partial charge in [0.15, 0.2) is 0 Å². The molecule has 3 aromatic carbocycles. The van der Waals surface area contributed by atoms with Crippen LogP contribution in [0.4, 0.5) is 5.69 Å². The molecule has 0 radical (unpaired) electrons. The number of carbonyl (C=O) groups excluding carboxylic acids is 1. The van der Waals surface area contributed by atoms with Crippen molar-refractivity contribution in [2.75, 3.05) is 44.2 Å². The molecule has 0 saturated carbocycles. The number of aromatic nitrogens is 2. The van der Waals surface area contributed by atoms with Crippen molar-refractivity contribution in [3.05, 3.63) is 88.7 Å². The summed E-state index contributed by atoms with van der Waals surface area (Å²) in [7, 11) is 0. The van der Waals surface area contributed by atoms with E-state index in [0.717, 1.165) is 85.7 Å². The highest BCUT2D eigenvalue weighted by Crippen LogP contribution is 2.27. The minimum atomic E-state index is 0.0503. The average molecular weight is 601 g/mol. The van der Waals surface area contributed by atoms with Crippen molar-refractivity contribution in [1.29, 1.82) is 0 Å². The molecule has 0 unspecified atom stereocenters. The van der Waals surface area contributed by atoms with Crippen molar-refractivity contribution in [3.8, 4) is 5.69 Å². The lowest BCUT2D eigenvalue weighted by Gasteiger charge is -2.39. The normalized spacial score (nSPS) is 18.6. The van der Waals surface area contributed by atoms with Gasteiger partial charge in [0.2, 0.25) is 5.91 Å². The zero-order valence-electron chi connectivity index (χ0n) is 23.5. The van der Waals surface area contributed by atoms with E-state index in [-0.39, 0.29) is 5.92 Å². The average Bonchev–Trinajstić information content (AvgIpc) is 3.35. The van der Waals surface area contributed by atoms with Gasteiger partial charge in [-0.1, -0.05) is 60.1 Å². The van der Waals surface area contributed by atoms with Gasteiger partial charge in [0.25, 0.3) is 0 Å². The number of halogens is 1. The second-order valence-corrected chi connectivity index (χ2v) is 12.4. The second-order valence-electron chi connectivity index (χ2n) is 11.5. The molecule has 1 atom stereocenters. The number of hydrogen-bond donors (Lipinski definition) is 0. The summed E-state index contributed by atoms with van der Waals surface area (Å²) in [5.41, 5.74) is 5.83. The van der Waals surface area contributed by atoms with E-state index in [1.54, 1.807) is 0 Å². The molecule has 2 aliphatic heterocycles. The fourth-order valence-corrected chi connectivity index (χ4v) is 6.59. The molecule has 6 nitrogen and oxygen atoms in total. The monoisotopic (exact) mass is 599 g/mol. The number of anilines is 1. The third-order valence-electron chi connectivity index (χ3n) is 8.43. The van der Waals surface area contributed by atoms with Crippen LogP contribution in [0.25, 0.3) is 16.7 Å². The summed E-state index contributed by atoms with van der Waals surface area (Å²) < 4.78 is 3.31. The lowest BCUT2D eigenvalue weighted by atomic mass is 9.96. The smallest absolute Gasteiger partial charge is 0.227 e. The molecular weight excluding hydrogens is 562 g/mol. The summed E-state index contributed by atoms with van der Waals surface area (Å²) in [5, 5.41) is 0. The number of para-hydroxylation sites is 2. The summed E-state index contributed by atoms with van der Waals surface area (Å²) in [6.07, 6.45) is 2.00. The van der Waals surface area contributed by atoms with Crippen molar-refractivity contribution in [2.24, 2.45) is 5.92 Å². The zero-order valence-corrected chi connectivity index (χ0v) is 25.1. The Kier molecular flexibility index (Phi) is 7.94. The summed E-state index contributed by atoms with van der Waals surface area (Å²) in [5.74, 6) is 1.93. The molecule has 0 N–H and O–H groups in total. The lowest BCUT2D eigenvalue weighted by Crippen LogP contribution is -2.52. The van der Waals surface area contributed by atoms with Crippen LogP contribution in [0.3, 0.4) is 0 Å². The van der Waals surface area contributed by atoms with E-state index in [0.29, 0.717) is 11.8 Å². The first-order chi connectivity index (χ1) is 19.5. The standard InChI is InChI=1S/C33H38BrN5O/c1-24(2)25-12-14-28(15-13-25)37-17-19-38(20-18-37)33(40)26-7-6-16-36(22-26)23-32-35-30-10-3-4-11-31(30)39(32)29-9-5-8-27(34)21-29/h3-5,8-15,21,24,26H,6-7,16-20,22-23H2,1-2H3/t26-/m1/s1. The SMILES string of the molecule is CC(C)c1ccc(N2CCN(C(=O)[C@@H]3CCCN(Cc4nc5ccccc5n4-c4cccc(Br)c4)C3)CC2)cc1. The van der Waals surface area contributed by atoms with Crippen molar-refractivity contribution < 1.29 is 4.79 Å². The second kappa shape index (κ2) is 11.8. The summed E-state index contributed by atoms with van der Waals surface area (Å²) >= 11 is 3.63.